The fraction of sp³-hybridized carbons (Fsp3) is 0.619. The van der Waals surface area contributed by atoms with Crippen molar-refractivity contribution >= 4 is 35.9 Å². The van der Waals surface area contributed by atoms with Gasteiger partial charge in [0.05, 0.1) is 19.1 Å². The number of rotatable bonds is 6. The molecule has 1 N–H and O–H groups in total. The van der Waals surface area contributed by atoms with Gasteiger partial charge < -0.3 is 15.0 Å². The van der Waals surface area contributed by atoms with Gasteiger partial charge in [-0.25, -0.2) is 0 Å². The van der Waals surface area contributed by atoms with Gasteiger partial charge in [-0.1, -0.05) is 30.3 Å². The first kappa shape index (κ1) is 22.0. The van der Waals surface area contributed by atoms with E-state index in [2.05, 4.69) is 47.5 Å². The maximum Gasteiger partial charge on any atom is 0.309 e. The lowest BCUT2D eigenvalue weighted by atomic mass is 9.96. The molecule has 0 aromatic heterocycles. The largest absolute Gasteiger partial charge is 0.466 e. The Morgan fingerprint density at radius 3 is 2.44 bits per heavy atom. The molecule has 0 unspecified atom stereocenters. The quantitative estimate of drug-likeness (QED) is 0.290. The van der Waals surface area contributed by atoms with Crippen LogP contribution >= 0.6 is 24.0 Å². The van der Waals surface area contributed by atoms with Crippen molar-refractivity contribution in [2.45, 2.75) is 44.9 Å². The van der Waals surface area contributed by atoms with Crippen molar-refractivity contribution in [1.29, 1.82) is 0 Å². The van der Waals surface area contributed by atoms with Crippen LogP contribution in [0, 0.1) is 5.92 Å². The number of carbonyl (C=O) groups excluding carboxylic acids is 1. The Hall–Kier alpha value is -1.31. The molecule has 1 aliphatic carbocycles. The van der Waals surface area contributed by atoms with Crippen molar-refractivity contribution in [3.8, 4) is 0 Å². The second kappa shape index (κ2) is 10.3. The van der Waals surface area contributed by atoms with E-state index in [1.807, 2.05) is 6.92 Å². The number of nitrogens with one attached hydrogen (secondary N) is 1. The van der Waals surface area contributed by atoms with E-state index in [4.69, 9.17) is 9.73 Å². The van der Waals surface area contributed by atoms with E-state index in [9.17, 15) is 4.79 Å². The zero-order valence-corrected chi connectivity index (χ0v) is 18.8. The van der Waals surface area contributed by atoms with E-state index in [-0.39, 0.29) is 41.3 Å². The summed E-state index contributed by atoms with van der Waals surface area (Å²) in [7, 11) is 0. The summed E-state index contributed by atoms with van der Waals surface area (Å²) in [4.78, 5) is 19.2. The van der Waals surface area contributed by atoms with Crippen LogP contribution in [-0.4, -0.2) is 49.6 Å². The number of likely N-dealkylation sites (tertiary alicyclic amines) is 1. The molecule has 1 saturated carbocycles. The number of nitrogens with zero attached hydrogens (tertiary/aromatic N) is 2. The standard InChI is InChI=1S/C21H31N3O2.HI/c1-3-22-20(24-14-10-17(11-15-24)19(25)26-4-2)23-16-21(12-13-21)18-8-6-5-7-9-18;/h5-9,17H,3-4,10-16H2,1-2H3,(H,22,23);1H. The number of carbonyl (C=O) groups is 1. The molecule has 1 aliphatic heterocycles. The molecular weight excluding hydrogens is 453 g/mol. The average molecular weight is 485 g/mol. The summed E-state index contributed by atoms with van der Waals surface area (Å²) < 4.78 is 5.17. The first-order valence-electron chi connectivity index (χ1n) is 9.94. The molecule has 1 heterocycles. The van der Waals surface area contributed by atoms with Crippen molar-refractivity contribution in [3.63, 3.8) is 0 Å². The fourth-order valence-electron chi connectivity index (χ4n) is 3.72. The van der Waals surface area contributed by atoms with Gasteiger partial charge in [0.2, 0.25) is 0 Å². The average Bonchev–Trinajstić information content (AvgIpc) is 3.47. The molecule has 0 spiro atoms. The third kappa shape index (κ3) is 5.59. The Morgan fingerprint density at radius 2 is 1.89 bits per heavy atom. The van der Waals surface area contributed by atoms with Gasteiger partial charge in [0.25, 0.3) is 0 Å². The van der Waals surface area contributed by atoms with Crippen molar-refractivity contribution in [2.24, 2.45) is 10.9 Å². The number of hydrogen-bond acceptors (Lipinski definition) is 3. The van der Waals surface area contributed by atoms with Crippen molar-refractivity contribution in [1.82, 2.24) is 10.2 Å². The maximum atomic E-state index is 11.9. The summed E-state index contributed by atoms with van der Waals surface area (Å²) in [5.74, 6) is 0.972. The number of piperidine rings is 1. The summed E-state index contributed by atoms with van der Waals surface area (Å²) in [6.45, 7) is 7.83. The van der Waals surface area contributed by atoms with Crippen LogP contribution in [0.3, 0.4) is 0 Å². The minimum absolute atomic E-state index is 0. The van der Waals surface area contributed by atoms with E-state index in [1.54, 1.807) is 0 Å². The molecule has 0 radical (unpaired) electrons. The first-order valence-corrected chi connectivity index (χ1v) is 9.94. The molecule has 1 saturated heterocycles. The molecule has 0 bridgehead atoms. The summed E-state index contributed by atoms with van der Waals surface area (Å²) in [6, 6.07) is 10.7. The minimum atomic E-state index is -0.0462. The molecule has 0 amide bonds. The number of esters is 1. The maximum absolute atomic E-state index is 11.9. The minimum Gasteiger partial charge on any atom is -0.466 e. The highest BCUT2D eigenvalue weighted by molar-refractivity contribution is 14.0. The van der Waals surface area contributed by atoms with Gasteiger partial charge in [-0.2, -0.15) is 0 Å². The van der Waals surface area contributed by atoms with Gasteiger partial charge in [-0.05, 0) is 45.1 Å². The van der Waals surface area contributed by atoms with Gasteiger partial charge in [0.15, 0.2) is 5.96 Å². The van der Waals surface area contributed by atoms with Crippen LogP contribution in [0.2, 0.25) is 0 Å². The third-order valence-corrected chi connectivity index (χ3v) is 5.52. The molecule has 27 heavy (non-hydrogen) atoms. The number of aliphatic imine (C=N–C) groups is 1. The van der Waals surface area contributed by atoms with E-state index >= 15 is 0 Å². The monoisotopic (exact) mass is 485 g/mol. The van der Waals surface area contributed by atoms with E-state index < -0.39 is 0 Å². The second-order valence-corrected chi connectivity index (χ2v) is 7.33. The molecule has 5 nitrogen and oxygen atoms in total. The molecule has 6 heteroatoms. The Morgan fingerprint density at radius 1 is 1.22 bits per heavy atom. The highest BCUT2D eigenvalue weighted by Crippen LogP contribution is 2.48. The summed E-state index contributed by atoms with van der Waals surface area (Å²) in [6.07, 6.45) is 4.11. The van der Waals surface area contributed by atoms with Crippen LogP contribution in [0.1, 0.15) is 45.1 Å². The predicted octanol–water partition coefficient (Wildman–Crippen LogP) is 3.58. The molecule has 1 aromatic carbocycles. The van der Waals surface area contributed by atoms with Gasteiger partial charge in [0.1, 0.15) is 0 Å². The number of guanidine groups is 1. The second-order valence-electron chi connectivity index (χ2n) is 7.33. The zero-order chi connectivity index (χ0) is 18.4. The van der Waals surface area contributed by atoms with Gasteiger partial charge in [-0.15, -0.1) is 24.0 Å². The molecule has 1 aromatic rings. The molecule has 0 atom stereocenters. The highest BCUT2D eigenvalue weighted by Gasteiger charge is 2.44. The van der Waals surface area contributed by atoms with Crippen molar-refractivity contribution in [2.75, 3.05) is 32.8 Å². The van der Waals surface area contributed by atoms with Crippen LogP contribution in [0.15, 0.2) is 35.3 Å². The Labute approximate surface area is 180 Å². The van der Waals surface area contributed by atoms with Gasteiger partial charge in [0, 0.05) is 25.0 Å². The molecule has 2 fully saturated rings. The fourth-order valence-corrected chi connectivity index (χ4v) is 3.72. The molecular formula is C21H32IN3O2. The first-order chi connectivity index (χ1) is 12.7. The lowest BCUT2D eigenvalue weighted by molar-refractivity contribution is -0.149. The normalized spacial score (nSPS) is 19.2. The van der Waals surface area contributed by atoms with Gasteiger partial charge >= 0.3 is 5.97 Å². The topological polar surface area (TPSA) is 53.9 Å². The molecule has 3 rings (SSSR count). The highest BCUT2D eigenvalue weighted by atomic mass is 127. The van der Waals surface area contributed by atoms with Crippen molar-refractivity contribution in [3.05, 3.63) is 35.9 Å². The van der Waals surface area contributed by atoms with E-state index in [0.29, 0.717) is 6.61 Å². The molecule has 150 valence electrons. The number of benzene rings is 1. The van der Waals surface area contributed by atoms with E-state index in [0.717, 1.165) is 45.0 Å². The molecule has 2 aliphatic rings. The summed E-state index contributed by atoms with van der Waals surface area (Å²) in [5, 5.41) is 3.43. The van der Waals surface area contributed by atoms with Gasteiger partial charge in [-0.3, -0.25) is 9.79 Å². The predicted molar refractivity (Wildman–Crippen MR) is 120 cm³/mol. The van der Waals surface area contributed by atoms with Crippen LogP contribution < -0.4 is 5.32 Å². The smallest absolute Gasteiger partial charge is 0.309 e. The Bertz CT molecular complexity index is 624. The summed E-state index contributed by atoms with van der Waals surface area (Å²) in [5.41, 5.74) is 1.63. The zero-order valence-electron chi connectivity index (χ0n) is 16.4. The van der Waals surface area contributed by atoms with Crippen LogP contribution in [-0.2, 0) is 14.9 Å². The number of hydrogen-bond donors (Lipinski definition) is 1. The number of halogens is 1. The lowest BCUT2D eigenvalue weighted by Gasteiger charge is -2.33. The Balaban J connectivity index is 0.00000261. The Kier molecular flexibility index (Phi) is 8.38. The van der Waals surface area contributed by atoms with Crippen molar-refractivity contribution < 1.29 is 9.53 Å². The third-order valence-electron chi connectivity index (χ3n) is 5.52. The van der Waals surface area contributed by atoms with Crippen LogP contribution in [0.5, 0.6) is 0 Å². The SMILES string of the molecule is CCNC(=NCC1(c2ccccc2)CC1)N1CCC(C(=O)OCC)CC1.I. The van der Waals surface area contributed by atoms with E-state index in [1.165, 1.54) is 18.4 Å². The summed E-state index contributed by atoms with van der Waals surface area (Å²) >= 11 is 0. The lowest BCUT2D eigenvalue weighted by Crippen LogP contribution is -2.47. The van der Waals surface area contributed by atoms with Crippen LogP contribution in [0.25, 0.3) is 0 Å². The number of ether oxygens (including phenoxy) is 1. The van der Waals surface area contributed by atoms with Crippen LogP contribution in [0.4, 0.5) is 0 Å².